The van der Waals surface area contributed by atoms with E-state index in [1.165, 1.54) is 0 Å². The van der Waals surface area contributed by atoms with Gasteiger partial charge in [-0.05, 0) is 42.7 Å². The van der Waals surface area contributed by atoms with Crippen LogP contribution in [0, 0.1) is 0 Å². The van der Waals surface area contributed by atoms with E-state index in [-0.39, 0.29) is 12.5 Å². The molecule has 0 atom stereocenters. The summed E-state index contributed by atoms with van der Waals surface area (Å²) in [6.45, 7) is 1.46. The number of carbonyl (C=O) groups excluding carboxylic acids is 1. The van der Waals surface area contributed by atoms with Gasteiger partial charge in [-0.3, -0.25) is 9.69 Å². The summed E-state index contributed by atoms with van der Waals surface area (Å²) in [7, 11) is 0. The number of ether oxygens (including phenoxy) is 1. The normalized spacial score (nSPS) is 13.7. The van der Waals surface area contributed by atoms with Crippen molar-refractivity contribution >= 4 is 11.6 Å². The molecule has 0 heterocycles. The number of aliphatic hydroxyl groups excluding tert-OH is 1. The molecule has 1 aliphatic carbocycles. The first-order chi connectivity index (χ1) is 12.2. The number of nitrogens with zero attached hydrogens (tertiary/aromatic N) is 1. The average Bonchev–Trinajstić information content (AvgIpc) is 3.47. The fourth-order valence-electron chi connectivity index (χ4n) is 2.72. The number of rotatable bonds is 9. The minimum absolute atomic E-state index is 0.0571. The van der Waals surface area contributed by atoms with Gasteiger partial charge in [-0.1, -0.05) is 30.3 Å². The van der Waals surface area contributed by atoms with Crippen LogP contribution >= 0.6 is 0 Å². The second kappa shape index (κ2) is 8.65. The van der Waals surface area contributed by atoms with Crippen molar-refractivity contribution in [3.63, 3.8) is 0 Å². The van der Waals surface area contributed by atoms with Crippen LogP contribution < -0.4 is 10.1 Å². The molecule has 0 aliphatic heterocycles. The van der Waals surface area contributed by atoms with Gasteiger partial charge in [0.05, 0.1) is 13.2 Å². The van der Waals surface area contributed by atoms with Gasteiger partial charge >= 0.3 is 0 Å². The van der Waals surface area contributed by atoms with Gasteiger partial charge in [0, 0.05) is 18.3 Å². The highest BCUT2D eigenvalue weighted by molar-refractivity contribution is 5.92. The van der Waals surface area contributed by atoms with Crippen molar-refractivity contribution in [1.29, 1.82) is 0 Å². The summed E-state index contributed by atoms with van der Waals surface area (Å²) in [5, 5.41) is 12.0. The summed E-state index contributed by atoms with van der Waals surface area (Å²) < 4.78 is 5.74. The molecule has 1 fully saturated rings. The smallest absolute Gasteiger partial charge is 0.238 e. The lowest BCUT2D eigenvalue weighted by molar-refractivity contribution is -0.117. The molecule has 132 valence electrons. The molecular weight excluding hydrogens is 316 g/mol. The SMILES string of the molecule is O=C(CN(CCO)C1CC1)Nc1ccc(OCc2ccccc2)cc1. The molecule has 2 N–H and O–H groups in total. The van der Waals surface area contributed by atoms with E-state index in [2.05, 4.69) is 5.32 Å². The maximum Gasteiger partial charge on any atom is 0.238 e. The average molecular weight is 340 g/mol. The van der Waals surface area contributed by atoms with Crippen LogP contribution in [0.15, 0.2) is 54.6 Å². The van der Waals surface area contributed by atoms with Crippen LogP contribution in [0.3, 0.4) is 0 Å². The first-order valence-electron chi connectivity index (χ1n) is 8.66. The fourth-order valence-corrected chi connectivity index (χ4v) is 2.72. The van der Waals surface area contributed by atoms with E-state index in [0.29, 0.717) is 25.7 Å². The van der Waals surface area contributed by atoms with Gasteiger partial charge < -0.3 is 15.2 Å². The van der Waals surface area contributed by atoms with Gasteiger partial charge in [0.25, 0.3) is 0 Å². The topological polar surface area (TPSA) is 61.8 Å². The lowest BCUT2D eigenvalue weighted by Crippen LogP contribution is -2.36. The molecule has 2 aromatic carbocycles. The van der Waals surface area contributed by atoms with Crippen LogP contribution in [0.4, 0.5) is 5.69 Å². The number of amides is 1. The van der Waals surface area contributed by atoms with E-state index < -0.39 is 0 Å². The Morgan fingerprint density at radius 3 is 2.48 bits per heavy atom. The van der Waals surface area contributed by atoms with Crippen LogP contribution in [0.2, 0.25) is 0 Å². The molecule has 1 amide bonds. The lowest BCUT2D eigenvalue weighted by atomic mass is 10.2. The number of benzene rings is 2. The number of hydrogen-bond donors (Lipinski definition) is 2. The molecular formula is C20H24N2O3. The minimum Gasteiger partial charge on any atom is -0.489 e. The molecule has 0 spiro atoms. The highest BCUT2D eigenvalue weighted by Crippen LogP contribution is 2.26. The predicted octanol–water partition coefficient (Wildman–Crippen LogP) is 2.66. The van der Waals surface area contributed by atoms with E-state index in [1.807, 2.05) is 59.5 Å². The summed E-state index contributed by atoms with van der Waals surface area (Å²) >= 11 is 0. The maximum atomic E-state index is 12.2. The Kier molecular flexibility index (Phi) is 6.04. The first kappa shape index (κ1) is 17.5. The second-order valence-electron chi connectivity index (χ2n) is 6.27. The highest BCUT2D eigenvalue weighted by Gasteiger charge is 2.29. The molecule has 0 unspecified atom stereocenters. The van der Waals surface area contributed by atoms with E-state index >= 15 is 0 Å². The first-order valence-corrected chi connectivity index (χ1v) is 8.66. The fraction of sp³-hybridized carbons (Fsp3) is 0.350. The molecule has 1 aliphatic rings. The van der Waals surface area contributed by atoms with Crippen LogP contribution in [0.5, 0.6) is 5.75 Å². The third-order valence-electron chi connectivity index (χ3n) is 4.18. The quantitative estimate of drug-likeness (QED) is 0.737. The van der Waals surface area contributed by atoms with Crippen molar-refractivity contribution in [2.24, 2.45) is 0 Å². The zero-order valence-electron chi connectivity index (χ0n) is 14.2. The monoisotopic (exact) mass is 340 g/mol. The Labute approximate surface area is 148 Å². The van der Waals surface area contributed by atoms with Gasteiger partial charge in [-0.15, -0.1) is 0 Å². The van der Waals surface area contributed by atoms with E-state index in [9.17, 15) is 4.79 Å². The Balaban J connectivity index is 1.47. The lowest BCUT2D eigenvalue weighted by Gasteiger charge is -2.20. The van der Waals surface area contributed by atoms with E-state index in [0.717, 1.165) is 29.8 Å². The van der Waals surface area contributed by atoms with Crippen molar-refractivity contribution in [1.82, 2.24) is 4.90 Å². The molecule has 5 heteroatoms. The van der Waals surface area contributed by atoms with Crippen LogP contribution in [-0.4, -0.2) is 41.7 Å². The standard InChI is InChI=1S/C20H24N2O3/c23-13-12-22(18-8-9-18)14-20(24)21-17-6-10-19(11-7-17)25-15-16-4-2-1-3-5-16/h1-7,10-11,18,23H,8-9,12-15H2,(H,21,24). The molecule has 1 saturated carbocycles. The van der Waals surface area contributed by atoms with Crippen molar-refractivity contribution < 1.29 is 14.6 Å². The van der Waals surface area contributed by atoms with Crippen LogP contribution in [0.1, 0.15) is 18.4 Å². The Morgan fingerprint density at radius 2 is 1.84 bits per heavy atom. The van der Waals surface area contributed by atoms with Gasteiger partial charge in [0.1, 0.15) is 12.4 Å². The number of nitrogens with one attached hydrogen (secondary N) is 1. The number of aliphatic hydroxyl groups is 1. The number of hydrogen-bond acceptors (Lipinski definition) is 4. The van der Waals surface area contributed by atoms with Crippen LogP contribution in [-0.2, 0) is 11.4 Å². The summed E-state index contributed by atoms with van der Waals surface area (Å²) in [6, 6.07) is 17.8. The summed E-state index contributed by atoms with van der Waals surface area (Å²) in [4.78, 5) is 14.2. The maximum absolute atomic E-state index is 12.2. The predicted molar refractivity (Wildman–Crippen MR) is 97.5 cm³/mol. The van der Waals surface area contributed by atoms with Gasteiger partial charge in [0.2, 0.25) is 5.91 Å². The molecule has 0 aromatic heterocycles. The largest absolute Gasteiger partial charge is 0.489 e. The van der Waals surface area contributed by atoms with Gasteiger partial charge in [-0.2, -0.15) is 0 Å². The van der Waals surface area contributed by atoms with Gasteiger partial charge in [0.15, 0.2) is 0 Å². The molecule has 0 bridgehead atoms. The second-order valence-corrected chi connectivity index (χ2v) is 6.27. The molecule has 0 saturated heterocycles. The summed E-state index contributed by atoms with van der Waals surface area (Å²) in [5.41, 5.74) is 1.86. The highest BCUT2D eigenvalue weighted by atomic mass is 16.5. The van der Waals surface area contributed by atoms with Gasteiger partial charge in [-0.25, -0.2) is 0 Å². The summed E-state index contributed by atoms with van der Waals surface area (Å²) in [5.74, 6) is 0.708. The van der Waals surface area contributed by atoms with E-state index in [1.54, 1.807) is 0 Å². The Morgan fingerprint density at radius 1 is 1.12 bits per heavy atom. The third-order valence-corrected chi connectivity index (χ3v) is 4.18. The van der Waals surface area contributed by atoms with Crippen LogP contribution in [0.25, 0.3) is 0 Å². The van der Waals surface area contributed by atoms with Crippen molar-refractivity contribution in [2.45, 2.75) is 25.5 Å². The molecule has 25 heavy (non-hydrogen) atoms. The molecule has 0 radical (unpaired) electrons. The number of anilines is 1. The molecule has 2 aromatic rings. The Hall–Kier alpha value is -2.37. The van der Waals surface area contributed by atoms with Crippen molar-refractivity contribution in [2.75, 3.05) is 25.0 Å². The minimum atomic E-state index is -0.0571. The van der Waals surface area contributed by atoms with E-state index in [4.69, 9.17) is 9.84 Å². The third kappa shape index (κ3) is 5.59. The Bertz CT molecular complexity index is 669. The zero-order valence-corrected chi connectivity index (χ0v) is 14.2. The molecule has 3 rings (SSSR count). The molecule has 5 nitrogen and oxygen atoms in total. The van der Waals surface area contributed by atoms with Crippen molar-refractivity contribution in [3.05, 3.63) is 60.2 Å². The summed E-state index contributed by atoms with van der Waals surface area (Å²) in [6.07, 6.45) is 2.22. The van der Waals surface area contributed by atoms with Crippen molar-refractivity contribution in [3.8, 4) is 5.75 Å². The number of carbonyl (C=O) groups is 1. The zero-order chi connectivity index (χ0) is 17.5.